The minimum atomic E-state index is 0.824. The van der Waals surface area contributed by atoms with Gasteiger partial charge in [0.25, 0.3) is 0 Å². The predicted octanol–water partition coefficient (Wildman–Crippen LogP) is 1.67. The van der Waals surface area contributed by atoms with Crippen LogP contribution >= 0.6 is 0 Å². The third kappa shape index (κ3) is 3.19. The van der Waals surface area contributed by atoms with E-state index in [-0.39, 0.29) is 0 Å². The molecule has 0 unspecified atom stereocenters. The van der Waals surface area contributed by atoms with Crippen LogP contribution in [-0.4, -0.2) is 45.3 Å². The average molecular weight is 264 g/mol. The molecule has 0 aliphatic carbocycles. The fourth-order valence-electron chi connectivity index (χ4n) is 2.63. The molecule has 1 fully saturated rings. The molecule has 0 radical (unpaired) electrons. The zero-order valence-electron chi connectivity index (χ0n) is 12.2. The van der Waals surface area contributed by atoms with Crippen molar-refractivity contribution in [2.24, 2.45) is 0 Å². The summed E-state index contributed by atoms with van der Waals surface area (Å²) < 4.78 is 11.0. The van der Waals surface area contributed by atoms with Gasteiger partial charge in [0.15, 0.2) is 11.5 Å². The number of rotatable bonds is 5. The Morgan fingerprint density at radius 3 is 2.47 bits per heavy atom. The van der Waals surface area contributed by atoms with Crippen molar-refractivity contribution in [1.82, 2.24) is 10.2 Å². The van der Waals surface area contributed by atoms with Crippen LogP contribution in [0.1, 0.15) is 18.1 Å². The lowest BCUT2D eigenvalue weighted by Crippen LogP contribution is -2.43. The van der Waals surface area contributed by atoms with Gasteiger partial charge in [0.05, 0.1) is 14.2 Å². The summed E-state index contributed by atoms with van der Waals surface area (Å²) in [5.41, 5.74) is 2.61. The van der Waals surface area contributed by atoms with E-state index in [1.807, 2.05) is 6.07 Å². The fraction of sp³-hybridized carbons (Fsp3) is 0.600. The van der Waals surface area contributed by atoms with E-state index in [2.05, 4.69) is 23.2 Å². The lowest BCUT2D eigenvalue weighted by Gasteiger charge is -2.29. The molecule has 0 bridgehead atoms. The Labute approximate surface area is 115 Å². The highest BCUT2D eigenvalue weighted by Gasteiger charge is 2.18. The van der Waals surface area contributed by atoms with Crippen LogP contribution < -0.4 is 14.8 Å². The van der Waals surface area contributed by atoms with Gasteiger partial charge in [-0.25, -0.2) is 0 Å². The Hall–Kier alpha value is -1.26. The topological polar surface area (TPSA) is 33.7 Å². The van der Waals surface area contributed by atoms with Crippen LogP contribution in [0.5, 0.6) is 11.5 Å². The number of nitrogens with zero attached hydrogens (tertiary/aromatic N) is 1. The van der Waals surface area contributed by atoms with Crippen LogP contribution in [0.3, 0.4) is 0 Å². The lowest BCUT2D eigenvalue weighted by atomic mass is 10.0. The summed E-state index contributed by atoms with van der Waals surface area (Å²) in [7, 11) is 3.41. The molecule has 1 aromatic carbocycles. The predicted molar refractivity (Wildman–Crippen MR) is 77.1 cm³/mol. The van der Waals surface area contributed by atoms with Crippen molar-refractivity contribution in [3.05, 3.63) is 23.3 Å². The molecule has 0 aromatic heterocycles. The number of aryl methyl sites for hydroxylation is 1. The smallest absolute Gasteiger partial charge is 0.165 e. The van der Waals surface area contributed by atoms with Crippen molar-refractivity contribution in [2.75, 3.05) is 40.4 Å². The molecule has 0 spiro atoms. The van der Waals surface area contributed by atoms with Gasteiger partial charge in [-0.1, -0.05) is 13.0 Å². The van der Waals surface area contributed by atoms with Crippen molar-refractivity contribution >= 4 is 0 Å². The van der Waals surface area contributed by atoms with Gasteiger partial charge in [0, 0.05) is 38.3 Å². The number of methoxy groups -OCH3 is 2. The van der Waals surface area contributed by atoms with Crippen LogP contribution in [0.15, 0.2) is 12.1 Å². The van der Waals surface area contributed by atoms with E-state index in [9.17, 15) is 0 Å². The molecule has 1 aromatic rings. The minimum Gasteiger partial charge on any atom is -0.493 e. The highest BCUT2D eigenvalue weighted by Crippen LogP contribution is 2.34. The molecule has 1 N–H and O–H groups in total. The Kier molecular flexibility index (Phi) is 5.05. The first kappa shape index (κ1) is 14.2. The summed E-state index contributed by atoms with van der Waals surface area (Å²) in [6.07, 6.45) is 1.02. The molecule has 19 heavy (non-hydrogen) atoms. The first-order valence-corrected chi connectivity index (χ1v) is 6.96. The SMILES string of the molecule is CCc1ccc(OC)c(OC)c1CN1CCNCC1. The van der Waals surface area contributed by atoms with Crippen molar-refractivity contribution < 1.29 is 9.47 Å². The molecule has 4 heteroatoms. The number of hydrogen-bond donors (Lipinski definition) is 1. The molecule has 1 saturated heterocycles. The average Bonchev–Trinajstić information content (AvgIpc) is 2.47. The number of hydrogen-bond acceptors (Lipinski definition) is 4. The maximum Gasteiger partial charge on any atom is 0.165 e. The van der Waals surface area contributed by atoms with Gasteiger partial charge in [0.1, 0.15) is 0 Å². The van der Waals surface area contributed by atoms with Gasteiger partial charge < -0.3 is 14.8 Å². The maximum absolute atomic E-state index is 5.58. The first-order chi connectivity index (χ1) is 9.30. The molecule has 0 saturated carbocycles. The summed E-state index contributed by atoms with van der Waals surface area (Å²) in [6, 6.07) is 4.15. The standard InChI is InChI=1S/C15H24N2O2/c1-4-12-5-6-14(18-2)15(19-3)13(12)11-17-9-7-16-8-10-17/h5-6,16H,4,7-11H2,1-3H3. The normalized spacial score (nSPS) is 16.4. The van der Waals surface area contributed by atoms with E-state index in [1.54, 1.807) is 14.2 Å². The van der Waals surface area contributed by atoms with Gasteiger partial charge in [-0.15, -0.1) is 0 Å². The molecule has 1 heterocycles. The molecule has 1 aliphatic heterocycles. The number of piperazine rings is 1. The molecular weight excluding hydrogens is 240 g/mol. The minimum absolute atomic E-state index is 0.824. The molecule has 106 valence electrons. The van der Waals surface area contributed by atoms with E-state index in [0.29, 0.717) is 0 Å². The lowest BCUT2D eigenvalue weighted by molar-refractivity contribution is 0.228. The van der Waals surface area contributed by atoms with E-state index < -0.39 is 0 Å². The van der Waals surface area contributed by atoms with Gasteiger partial charge in [-0.05, 0) is 18.1 Å². The molecule has 4 nitrogen and oxygen atoms in total. The second kappa shape index (κ2) is 6.78. The number of nitrogens with one attached hydrogen (secondary N) is 1. The third-order valence-corrected chi connectivity index (χ3v) is 3.72. The second-order valence-electron chi connectivity index (χ2n) is 4.82. The molecule has 1 aliphatic rings. The summed E-state index contributed by atoms with van der Waals surface area (Å²) in [4.78, 5) is 2.47. The Morgan fingerprint density at radius 1 is 1.16 bits per heavy atom. The first-order valence-electron chi connectivity index (χ1n) is 6.96. The quantitative estimate of drug-likeness (QED) is 0.877. The largest absolute Gasteiger partial charge is 0.493 e. The van der Waals surface area contributed by atoms with Gasteiger partial charge in [-0.3, -0.25) is 4.90 Å². The van der Waals surface area contributed by atoms with Crippen molar-refractivity contribution in [3.63, 3.8) is 0 Å². The van der Waals surface area contributed by atoms with Crippen LogP contribution in [0.25, 0.3) is 0 Å². The van der Waals surface area contributed by atoms with Crippen LogP contribution in [0, 0.1) is 0 Å². The van der Waals surface area contributed by atoms with Gasteiger partial charge >= 0.3 is 0 Å². The summed E-state index contributed by atoms with van der Waals surface area (Å²) >= 11 is 0. The van der Waals surface area contributed by atoms with Crippen LogP contribution in [0.2, 0.25) is 0 Å². The second-order valence-corrected chi connectivity index (χ2v) is 4.82. The van der Waals surface area contributed by atoms with Crippen molar-refractivity contribution in [2.45, 2.75) is 19.9 Å². The molecular formula is C15H24N2O2. The number of ether oxygens (including phenoxy) is 2. The maximum atomic E-state index is 5.58. The summed E-state index contributed by atoms with van der Waals surface area (Å²) in [6.45, 7) is 7.42. The molecule has 2 rings (SSSR count). The highest BCUT2D eigenvalue weighted by molar-refractivity contribution is 5.50. The number of benzene rings is 1. The van der Waals surface area contributed by atoms with Gasteiger partial charge in [-0.2, -0.15) is 0 Å². The Balaban J connectivity index is 2.28. The zero-order chi connectivity index (χ0) is 13.7. The highest BCUT2D eigenvalue weighted by atomic mass is 16.5. The monoisotopic (exact) mass is 264 g/mol. The molecule has 0 atom stereocenters. The Bertz CT molecular complexity index is 415. The zero-order valence-corrected chi connectivity index (χ0v) is 12.2. The fourth-order valence-corrected chi connectivity index (χ4v) is 2.63. The van der Waals surface area contributed by atoms with Crippen molar-refractivity contribution in [3.8, 4) is 11.5 Å². The van der Waals surface area contributed by atoms with Crippen LogP contribution in [0.4, 0.5) is 0 Å². The van der Waals surface area contributed by atoms with E-state index >= 15 is 0 Å². The van der Waals surface area contributed by atoms with E-state index in [4.69, 9.17) is 9.47 Å². The third-order valence-electron chi connectivity index (χ3n) is 3.72. The van der Waals surface area contributed by atoms with E-state index in [1.165, 1.54) is 11.1 Å². The molecule has 0 amide bonds. The van der Waals surface area contributed by atoms with Crippen molar-refractivity contribution in [1.29, 1.82) is 0 Å². The summed E-state index contributed by atoms with van der Waals surface area (Å²) in [5.74, 6) is 1.71. The van der Waals surface area contributed by atoms with Gasteiger partial charge in [0.2, 0.25) is 0 Å². The van der Waals surface area contributed by atoms with E-state index in [0.717, 1.165) is 50.6 Å². The summed E-state index contributed by atoms with van der Waals surface area (Å²) in [5, 5.41) is 3.38. The Morgan fingerprint density at radius 2 is 1.89 bits per heavy atom. The van der Waals surface area contributed by atoms with Crippen LogP contribution in [-0.2, 0) is 13.0 Å².